The Bertz CT molecular complexity index is 879. The lowest BCUT2D eigenvalue weighted by Gasteiger charge is -2.03. The maximum absolute atomic E-state index is 9.41. The lowest BCUT2D eigenvalue weighted by molar-refractivity contribution is 1.36. The number of rotatable bonds is 4. The third-order valence-electron chi connectivity index (χ3n) is 3.17. The van der Waals surface area contributed by atoms with Crippen molar-refractivity contribution in [2.45, 2.75) is 0 Å². The zero-order valence-corrected chi connectivity index (χ0v) is 15.0. The topological polar surface area (TPSA) is 48.7 Å². The summed E-state index contributed by atoms with van der Waals surface area (Å²) >= 11 is 3.73. The standard InChI is InChI=1S/C18H12IN3S/c19-15-8-4-5-9-16(15)21-11-14(10-20)18-22-17(12-23-18)13-6-2-1-3-7-13/h1-9,11-12,21H/b14-11-. The minimum atomic E-state index is 0.525. The summed E-state index contributed by atoms with van der Waals surface area (Å²) in [6, 6.07) is 20.1. The second-order valence-corrected chi connectivity index (χ2v) is 6.72. The van der Waals surface area contributed by atoms with Crippen LogP contribution in [0.2, 0.25) is 0 Å². The molecular formula is C18H12IN3S. The Morgan fingerprint density at radius 2 is 1.87 bits per heavy atom. The maximum Gasteiger partial charge on any atom is 0.136 e. The summed E-state index contributed by atoms with van der Waals surface area (Å²) in [6.45, 7) is 0. The number of hydrogen-bond donors (Lipinski definition) is 1. The molecule has 5 heteroatoms. The highest BCUT2D eigenvalue weighted by atomic mass is 127. The molecule has 1 heterocycles. The Morgan fingerprint density at radius 3 is 2.61 bits per heavy atom. The first kappa shape index (κ1) is 15.7. The number of allylic oxidation sites excluding steroid dienone is 1. The van der Waals surface area contributed by atoms with Gasteiger partial charge in [-0.25, -0.2) is 4.98 Å². The number of anilines is 1. The molecule has 23 heavy (non-hydrogen) atoms. The normalized spacial score (nSPS) is 11.0. The van der Waals surface area contributed by atoms with Crippen molar-refractivity contribution in [1.29, 1.82) is 5.26 Å². The summed E-state index contributed by atoms with van der Waals surface area (Å²) < 4.78 is 1.10. The van der Waals surface area contributed by atoms with Crippen LogP contribution >= 0.6 is 33.9 Å². The van der Waals surface area contributed by atoms with Gasteiger partial charge in [0.1, 0.15) is 16.6 Å². The number of nitriles is 1. The van der Waals surface area contributed by atoms with Gasteiger partial charge < -0.3 is 5.32 Å². The molecular weight excluding hydrogens is 417 g/mol. The minimum Gasteiger partial charge on any atom is -0.359 e. The van der Waals surface area contributed by atoms with Crippen LogP contribution in [-0.4, -0.2) is 4.98 Å². The van der Waals surface area contributed by atoms with Crippen LogP contribution in [0.1, 0.15) is 5.01 Å². The smallest absolute Gasteiger partial charge is 0.136 e. The molecule has 0 aliphatic carbocycles. The number of benzene rings is 2. The van der Waals surface area contributed by atoms with E-state index >= 15 is 0 Å². The van der Waals surface area contributed by atoms with Crippen molar-refractivity contribution in [3.63, 3.8) is 0 Å². The van der Waals surface area contributed by atoms with E-state index in [0.717, 1.165) is 20.5 Å². The average molecular weight is 429 g/mol. The number of nitrogens with one attached hydrogen (secondary N) is 1. The monoisotopic (exact) mass is 429 g/mol. The zero-order valence-electron chi connectivity index (χ0n) is 12.0. The highest BCUT2D eigenvalue weighted by molar-refractivity contribution is 14.1. The van der Waals surface area contributed by atoms with Crippen LogP contribution in [0.4, 0.5) is 5.69 Å². The van der Waals surface area contributed by atoms with Gasteiger partial charge in [-0.3, -0.25) is 0 Å². The van der Waals surface area contributed by atoms with Crippen LogP contribution in [0.15, 0.2) is 66.2 Å². The molecule has 0 amide bonds. The van der Waals surface area contributed by atoms with E-state index in [9.17, 15) is 5.26 Å². The van der Waals surface area contributed by atoms with Gasteiger partial charge in [0.05, 0.1) is 11.4 Å². The van der Waals surface area contributed by atoms with E-state index in [1.807, 2.05) is 60.0 Å². The molecule has 0 saturated heterocycles. The van der Waals surface area contributed by atoms with Crippen molar-refractivity contribution in [1.82, 2.24) is 4.98 Å². The first-order chi connectivity index (χ1) is 11.3. The number of aromatic nitrogens is 1. The fourth-order valence-electron chi connectivity index (χ4n) is 2.01. The fraction of sp³-hybridized carbons (Fsp3) is 0. The second kappa shape index (κ2) is 7.40. The quantitative estimate of drug-likeness (QED) is 0.447. The number of nitrogens with zero attached hydrogens (tertiary/aromatic N) is 2. The van der Waals surface area contributed by atoms with Crippen molar-refractivity contribution >= 4 is 45.2 Å². The Labute approximate surface area is 152 Å². The molecule has 0 radical (unpaired) electrons. The van der Waals surface area contributed by atoms with Crippen molar-refractivity contribution in [3.8, 4) is 17.3 Å². The molecule has 0 spiro atoms. The van der Waals surface area contributed by atoms with Gasteiger partial charge in [-0.15, -0.1) is 11.3 Å². The van der Waals surface area contributed by atoms with Gasteiger partial charge in [-0.2, -0.15) is 5.26 Å². The van der Waals surface area contributed by atoms with Crippen LogP contribution in [0.5, 0.6) is 0 Å². The van der Waals surface area contributed by atoms with Gasteiger partial charge in [-0.05, 0) is 34.7 Å². The largest absolute Gasteiger partial charge is 0.359 e. The fourth-order valence-corrected chi connectivity index (χ4v) is 3.35. The molecule has 0 unspecified atom stereocenters. The summed E-state index contributed by atoms with van der Waals surface area (Å²) in [6.07, 6.45) is 1.71. The maximum atomic E-state index is 9.41. The second-order valence-electron chi connectivity index (χ2n) is 4.70. The van der Waals surface area contributed by atoms with E-state index < -0.39 is 0 Å². The zero-order chi connectivity index (χ0) is 16.1. The van der Waals surface area contributed by atoms with Gasteiger partial charge in [0.25, 0.3) is 0 Å². The van der Waals surface area contributed by atoms with Gasteiger partial charge in [0.15, 0.2) is 0 Å². The highest BCUT2D eigenvalue weighted by Crippen LogP contribution is 2.26. The van der Waals surface area contributed by atoms with Crippen LogP contribution in [0, 0.1) is 14.9 Å². The predicted octanol–water partition coefficient (Wildman–Crippen LogP) is 5.39. The minimum absolute atomic E-state index is 0.525. The van der Waals surface area contributed by atoms with Crippen LogP contribution in [0.3, 0.4) is 0 Å². The third kappa shape index (κ3) is 3.78. The van der Waals surface area contributed by atoms with Crippen molar-refractivity contribution < 1.29 is 0 Å². The Hall–Kier alpha value is -2.17. The van der Waals surface area contributed by atoms with Crippen LogP contribution in [-0.2, 0) is 0 Å². The molecule has 3 rings (SSSR count). The number of thiazole rings is 1. The molecule has 2 aromatic carbocycles. The van der Waals surface area contributed by atoms with E-state index in [2.05, 4.69) is 39.0 Å². The van der Waals surface area contributed by atoms with Crippen molar-refractivity contribution in [2.24, 2.45) is 0 Å². The predicted molar refractivity (Wildman–Crippen MR) is 104 cm³/mol. The van der Waals surface area contributed by atoms with Gasteiger partial charge in [0.2, 0.25) is 0 Å². The lowest BCUT2D eigenvalue weighted by atomic mass is 10.2. The molecule has 0 fully saturated rings. The molecule has 0 bridgehead atoms. The summed E-state index contributed by atoms with van der Waals surface area (Å²) in [5, 5.41) is 15.3. The van der Waals surface area contributed by atoms with Crippen molar-refractivity contribution in [2.75, 3.05) is 5.32 Å². The van der Waals surface area contributed by atoms with Gasteiger partial charge in [-0.1, -0.05) is 42.5 Å². The summed E-state index contributed by atoms with van der Waals surface area (Å²) in [4.78, 5) is 4.57. The first-order valence-electron chi connectivity index (χ1n) is 6.90. The van der Waals surface area contributed by atoms with Gasteiger partial charge in [0, 0.05) is 20.7 Å². The third-order valence-corrected chi connectivity index (χ3v) is 4.99. The van der Waals surface area contributed by atoms with E-state index in [0.29, 0.717) is 10.6 Å². The molecule has 0 saturated carbocycles. The molecule has 0 atom stereocenters. The molecule has 1 aromatic heterocycles. The van der Waals surface area contributed by atoms with Gasteiger partial charge >= 0.3 is 0 Å². The molecule has 3 nitrogen and oxygen atoms in total. The van der Waals surface area contributed by atoms with Crippen LogP contribution < -0.4 is 5.32 Å². The molecule has 0 aliphatic heterocycles. The SMILES string of the molecule is N#C/C(=C/Nc1ccccc1I)c1nc(-c2ccccc2)cs1. The number of para-hydroxylation sites is 1. The number of halogens is 1. The lowest BCUT2D eigenvalue weighted by Crippen LogP contribution is -1.93. The molecule has 3 aromatic rings. The van der Waals surface area contributed by atoms with E-state index in [-0.39, 0.29) is 0 Å². The summed E-state index contributed by atoms with van der Waals surface area (Å²) in [7, 11) is 0. The first-order valence-corrected chi connectivity index (χ1v) is 8.86. The van der Waals surface area contributed by atoms with E-state index in [4.69, 9.17) is 0 Å². The Balaban J connectivity index is 1.85. The van der Waals surface area contributed by atoms with Crippen LogP contribution in [0.25, 0.3) is 16.8 Å². The van der Waals surface area contributed by atoms with E-state index in [1.54, 1.807) is 6.20 Å². The van der Waals surface area contributed by atoms with Crippen molar-refractivity contribution in [3.05, 3.63) is 74.8 Å². The number of hydrogen-bond acceptors (Lipinski definition) is 4. The average Bonchev–Trinajstić information content (AvgIpc) is 3.08. The molecule has 0 aliphatic rings. The Morgan fingerprint density at radius 1 is 1.13 bits per heavy atom. The van der Waals surface area contributed by atoms with E-state index in [1.165, 1.54) is 11.3 Å². The summed E-state index contributed by atoms with van der Waals surface area (Å²) in [5.41, 5.74) is 3.44. The molecule has 1 N–H and O–H groups in total. The highest BCUT2D eigenvalue weighted by Gasteiger charge is 2.09. The summed E-state index contributed by atoms with van der Waals surface area (Å²) in [5.74, 6) is 0. The molecule has 112 valence electrons. The Kier molecular flexibility index (Phi) is 5.05.